The Kier molecular flexibility index (Phi) is 8.45. The van der Waals surface area contributed by atoms with Crippen molar-refractivity contribution in [3.05, 3.63) is 48.0 Å². The van der Waals surface area contributed by atoms with E-state index in [-0.39, 0.29) is 12.4 Å². The number of ketones is 1. The highest BCUT2D eigenvalue weighted by atomic mass is 16.5. The van der Waals surface area contributed by atoms with Gasteiger partial charge in [-0.3, -0.25) is 9.59 Å². The predicted molar refractivity (Wildman–Crippen MR) is 97.8 cm³/mol. The van der Waals surface area contributed by atoms with Gasteiger partial charge in [-0.2, -0.15) is 0 Å². The monoisotopic (exact) mass is 330 g/mol. The highest BCUT2D eigenvalue weighted by molar-refractivity contribution is 6.06. The number of unbranched alkanes of at least 4 members (excludes halogenated alkanes) is 3. The Morgan fingerprint density at radius 1 is 1.08 bits per heavy atom. The van der Waals surface area contributed by atoms with Crippen molar-refractivity contribution in [2.75, 3.05) is 6.61 Å². The van der Waals surface area contributed by atoms with Crippen LogP contribution in [-0.4, -0.2) is 18.4 Å². The van der Waals surface area contributed by atoms with Gasteiger partial charge in [0.05, 0.1) is 6.61 Å². The average molecular weight is 330 g/mol. The SMILES string of the molecule is C=C(CCCCCC)C(Cc1ccccc1)(C(C)=O)C(=O)OCC. The second-order valence-electron chi connectivity index (χ2n) is 6.26. The van der Waals surface area contributed by atoms with E-state index in [1.807, 2.05) is 30.3 Å². The summed E-state index contributed by atoms with van der Waals surface area (Å²) < 4.78 is 5.27. The van der Waals surface area contributed by atoms with Crippen LogP contribution in [-0.2, 0) is 20.7 Å². The van der Waals surface area contributed by atoms with Crippen molar-refractivity contribution in [1.29, 1.82) is 0 Å². The summed E-state index contributed by atoms with van der Waals surface area (Å²) in [6.07, 6.45) is 5.30. The lowest BCUT2D eigenvalue weighted by Crippen LogP contribution is -2.43. The number of benzene rings is 1. The van der Waals surface area contributed by atoms with E-state index in [2.05, 4.69) is 13.5 Å². The van der Waals surface area contributed by atoms with E-state index in [1.165, 1.54) is 6.92 Å². The Morgan fingerprint density at radius 3 is 2.29 bits per heavy atom. The van der Waals surface area contributed by atoms with Crippen molar-refractivity contribution in [1.82, 2.24) is 0 Å². The Bertz CT molecular complexity index is 547. The molecule has 3 nitrogen and oxygen atoms in total. The van der Waals surface area contributed by atoms with Gasteiger partial charge in [0.25, 0.3) is 0 Å². The summed E-state index contributed by atoms with van der Waals surface area (Å²) in [6, 6.07) is 9.61. The number of ether oxygens (including phenoxy) is 1. The third-order valence-corrected chi connectivity index (χ3v) is 4.47. The summed E-state index contributed by atoms with van der Waals surface area (Å²) in [5, 5.41) is 0. The number of hydrogen-bond donors (Lipinski definition) is 0. The molecule has 0 saturated carbocycles. The number of carbonyl (C=O) groups is 2. The van der Waals surface area contributed by atoms with Crippen LogP contribution in [0.3, 0.4) is 0 Å². The average Bonchev–Trinajstić information content (AvgIpc) is 2.57. The van der Waals surface area contributed by atoms with Gasteiger partial charge in [-0.15, -0.1) is 0 Å². The van der Waals surface area contributed by atoms with Crippen molar-refractivity contribution >= 4 is 11.8 Å². The quantitative estimate of drug-likeness (QED) is 0.251. The lowest BCUT2D eigenvalue weighted by atomic mass is 9.71. The molecule has 132 valence electrons. The molecule has 0 bridgehead atoms. The van der Waals surface area contributed by atoms with Crippen molar-refractivity contribution in [3.8, 4) is 0 Å². The molecule has 0 aliphatic rings. The third-order valence-electron chi connectivity index (χ3n) is 4.47. The van der Waals surface area contributed by atoms with Gasteiger partial charge in [0, 0.05) is 0 Å². The molecule has 3 heteroatoms. The normalized spacial score (nSPS) is 13.1. The second-order valence-corrected chi connectivity index (χ2v) is 6.26. The first-order valence-corrected chi connectivity index (χ1v) is 8.89. The molecule has 1 atom stereocenters. The van der Waals surface area contributed by atoms with Crippen LogP contribution < -0.4 is 0 Å². The first kappa shape index (κ1) is 20.1. The Morgan fingerprint density at radius 2 is 1.75 bits per heavy atom. The Hall–Kier alpha value is -1.90. The van der Waals surface area contributed by atoms with Gasteiger partial charge in [0.15, 0.2) is 11.2 Å². The standard InChI is InChI=1S/C21H30O3/c1-5-7-8-10-13-17(3)21(18(4)22,20(23)24-6-2)16-19-14-11-9-12-15-19/h9,11-12,14-15H,3,5-8,10,13,16H2,1-2,4H3. The summed E-state index contributed by atoms with van der Waals surface area (Å²) in [5.41, 5.74) is 0.340. The molecule has 1 unspecified atom stereocenters. The molecular weight excluding hydrogens is 300 g/mol. The van der Waals surface area contributed by atoms with E-state index in [1.54, 1.807) is 6.92 Å². The second kappa shape index (κ2) is 10.1. The molecule has 0 aliphatic carbocycles. The van der Waals surface area contributed by atoms with Crippen molar-refractivity contribution < 1.29 is 14.3 Å². The summed E-state index contributed by atoms with van der Waals surface area (Å²) in [7, 11) is 0. The van der Waals surface area contributed by atoms with Crippen LogP contribution >= 0.6 is 0 Å². The molecular formula is C21H30O3. The number of rotatable bonds is 11. The first-order chi connectivity index (χ1) is 11.5. The van der Waals surface area contributed by atoms with Crippen LogP contribution in [0.2, 0.25) is 0 Å². The maximum Gasteiger partial charge on any atom is 0.324 e. The highest BCUT2D eigenvalue weighted by Gasteiger charge is 2.46. The van der Waals surface area contributed by atoms with Crippen LogP contribution in [0.15, 0.2) is 42.5 Å². The minimum Gasteiger partial charge on any atom is -0.465 e. The van der Waals surface area contributed by atoms with Crippen molar-refractivity contribution in [3.63, 3.8) is 0 Å². The summed E-state index contributed by atoms with van der Waals surface area (Å²) >= 11 is 0. The van der Waals surface area contributed by atoms with E-state index in [4.69, 9.17) is 4.74 Å². The van der Waals surface area contributed by atoms with Crippen LogP contribution in [0.25, 0.3) is 0 Å². The van der Waals surface area contributed by atoms with Crippen LogP contribution in [0, 0.1) is 5.41 Å². The minimum atomic E-state index is -1.27. The maximum absolute atomic E-state index is 12.7. The Labute approximate surface area is 146 Å². The minimum absolute atomic E-state index is 0.190. The molecule has 1 rings (SSSR count). The van der Waals surface area contributed by atoms with Gasteiger partial charge in [0.2, 0.25) is 0 Å². The van der Waals surface area contributed by atoms with Gasteiger partial charge in [-0.25, -0.2) is 0 Å². The van der Waals surface area contributed by atoms with E-state index in [0.717, 1.165) is 31.2 Å². The zero-order chi connectivity index (χ0) is 18.0. The maximum atomic E-state index is 12.7. The zero-order valence-corrected chi connectivity index (χ0v) is 15.3. The number of hydrogen-bond acceptors (Lipinski definition) is 3. The van der Waals surface area contributed by atoms with E-state index in [0.29, 0.717) is 18.4 Å². The summed E-state index contributed by atoms with van der Waals surface area (Å²) in [6.45, 7) is 9.76. The fraction of sp³-hybridized carbons (Fsp3) is 0.524. The predicted octanol–water partition coefficient (Wildman–Crippen LogP) is 4.89. The molecule has 0 aliphatic heterocycles. The number of esters is 1. The van der Waals surface area contributed by atoms with Gasteiger partial charge in [-0.1, -0.05) is 68.7 Å². The van der Waals surface area contributed by atoms with E-state index in [9.17, 15) is 9.59 Å². The largest absolute Gasteiger partial charge is 0.465 e. The molecule has 1 aromatic carbocycles. The fourth-order valence-corrected chi connectivity index (χ4v) is 2.99. The molecule has 0 spiro atoms. The molecule has 1 aromatic rings. The fourth-order valence-electron chi connectivity index (χ4n) is 2.99. The molecule has 0 saturated heterocycles. The molecule has 0 heterocycles. The molecule has 0 N–H and O–H groups in total. The van der Waals surface area contributed by atoms with Crippen LogP contribution in [0.4, 0.5) is 0 Å². The lowest BCUT2D eigenvalue weighted by Gasteiger charge is -2.31. The number of carbonyl (C=O) groups excluding carboxylic acids is 2. The van der Waals surface area contributed by atoms with E-state index >= 15 is 0 Å². The zero-order valence-electron chi connectivity index (χ0n) is 15.3. The van der Waals surface area contributed by atoms with Gasteiger partial charge < -0.3 is 4.74 Å². The lowest BCUT2D eigenvalue weighted by molar-refractivity contribution is -0.157. The van der Waals surface area contributed by atoms with Crippen LogP contribution in [0.1, 0.15) is 58.4 Å². The molecule has 0 amide bonds. The van der Waals surface area contributed by atoms with E-state index < -0.39 is 11.4 Å². The molecule has 0 aromatic heterocycles. The van der Waals surface area contributed by atoms with Gasteiger partial charge in [-0.05, 0) is 38.7 Å². The molecule has 0 radical (unpaired) electrons. The molecule has 0 fully saturated rings. The number of Topliss-reactive ketones (excluding diaryl/α,β-unsaturated/α-hetero) is 1. The molecule has 24 heavy (non-hydrogen) atoms. The third kappa shape index (κ3) is 5.05. The summed E-state index contributed by atoms with van der Waals surface area (Å²) in [4.78, 5) is 25.3. The van der Waals surface area contributed by atoms with Gasteiger partial charge >= 0.3 is 5.97 Å². The smallest absolute Gasteiger partial charge is 0.324 e. The summed E-state index contributed by atoms with van der Waals surface area (Å²) in [5.74, 6) is -0.660. The first-order valence-electron chi connectivity index (χ1n) is 8.89. The van der Waals surface area contributed by atoms with Crippen molar-refractivity contribution in [2.45, 2.75) is 59.3 Å². The van der Waals surface area contributed by atoms with Crippen molar-refractivity contribution in [2.24, 2.45) is 5.41 Å². The Balaban J connectivity index is 3.09. The topological polar surface area (TPSA) is 43.4 Å². The van der Waals surface area contributed by atoms with Crippen LogP contribution in [0.5, 0.6) is 0 Å². The highest BCUT2D eigenvalue weighted by Crippen LogP contribution is 2.36. The van der Waals surface area contributed by atoms with Gasteiger partial charge in [0.1, 0.15) is 0 Å².